The third-order valence-corrected chi connectivity index (χ3v) is 4.82. The van der Waals surface area contributed by atoms with Gasteiger partial charge in [-0.05, 0) is 56.2 Å². The maximum atomic E-state index is 5.40. The van der Waals surface area contributed by atoms with E-state index in [0.717, 1.165) is 36.0 Å². The van der Waals surface area contributed by atoms with Crippen LogP contribution in [0.5, 0.6) is 5.75 Å². The van der Waals surface area contributed by atoms with Crippen LogP contribution in [0.15, 0.2) is 54.6 Å². The van der Waals surface area contributed by atoms with E-state index in [4.69, 9.17) is 4.74 Å². The SMILES string of the molecule is COc1ccccc1Nc1cc(Nc2ccc(N3CCCC3)cc2)nc(C)n1. The molecule has 6 nitrogen and oxygen atoms in total. The third-order valence-electron chi connectivity index (χ3n) is 4.82. The number of nitrogens with one attached hydrogen (secondary N) is 2. The second-order valence-electron chi connectivity index (χ2n) is 6.88. The second-order valence-corrected chi connectivity index (χ2v) is 6.88. The van der Waals surface area contributed by atoms with Gasteiger partial charge in [-0.25, -0.2) is 9.97 Å². The van der Waals surface area contributed by atoms with Gasteiger partial charge in [0.2, 0.25) is 0 Å². The topological polar surface area (TPSA) is 62.3 Å². The molecule has 4 rings (SSSR count). The Labute approximate surface area is 165 Å². The van der Waals surface area contributed by atoms with E-state index in [1.165, 1.54) is 18.5 Å². The molecule has 0 bridgehead atoms. The molecule has 6 heteroatoms. The number of benzene rings is 2. The van der Waals surface area contributed by atoms with Crippen LogP contribution in [-0.4, -0.2) is 30.2 Å². The summed E-state index contributed by atoms with van der Waals surface area (Å²) in [6.45, 7) is 4.18. The summed E-state index contributed by atoms with van der Waals surface area (Å²) in [6.07, 6.45) is 2.56. The Morgan fingerprint density at radius 2 is 1.57 bits per heavy atom. The third kappa shape index (κ3) is 4.17. The molecule has 1 fully saturated rings. The lowest BCUT2D eigenvalue weighted by molar-refractivity contribution is 0.417. The summed E-state index contributed by atoms with van der Waals surface area (Å²) in [6, 6.07) is 18.2. The zero-order valence-electron chi connectivity index (χ0n) is 16.3. The molecule has 0 amide bonds. The molecule has 1 aromatic heterocycles. The Hall–Kier alpha value is -3.28. The fourth-order valence-corrected chi connectivity index (χ4v) is 3.46. The highest BCUT2D eigenvalue weighted by molar-refractivity contribution is 5.68. The van der Waals surface area contributed by atoms with Crippen LogP contribution in [0.25, 0.3) is 0 Å². The number of methoxy groups -OCH3 is 1. The maximum Gasteiger partial charge on any atom is 0.142 e. The van der Waals surface area contributed by atoms with Crippen molar-refractivity contribution in [1.82, 2.24) is 9.97 Å². The second kappa shape index (κ2) is 8.17. The molecule has 3 aromatic rings. The van der Waals surface area contributed by atoms with Gasteiger partial charge >= 0.3 is 0 Å². The lowest BCUT2D eigenvalue weighted by Crippen LogP contribution is -2.17. The minimum absolute atomic E-state index is 0.691. The van der Waals surface area contributed by atoms with E-state index in [2.05, 4.69) is 49.8 Å². The first kappa shape index (κ1) is 18.1. The maximum absolute atomic E-state index is 5.40. The number of para-hydroxylation sites is 2. The van der Waals surface area contributed by atoms with Crippen molar-refractivity contribution in [2.75, 3.05) is 35.7 Å². The Kier molecular flexibility index (Phi) is 5.28. The minimum Gasteiger partial charge on any atom is -0.495 e. The average Bonchev–Trinajstić information content (AvgIpc) is 3.23. The first-order valence-electron chi connectivity index (χ1n) is 9.59. The van der Waals surface area contributed by atoms with Gasteiger partial charge in [-0.1, -0.05) is 12.1 Å². The van der Waals surface area contributed by atoms with Crippen LogP contribution < -0.4 is 20.3 Å². The number of ether oxygens (including phenoxy) is 1. The number of nitrogens with zero attached hydrogens (tertiary/aromatic N) is 3. The summed E-state index contributed by atoms with van der Waals surface area (Å²) >= 11 is 0. The van der Waals surface area contributed by atoms with Crippen molar-refractivity contribution in [3.05, 3.63) is 60.4 Å². The van der Waals surface area contributed by atoms with Crippen LogP contribution >= 0.6 is 0 Å². The molecule has 0 saturated carbocycles. The molecule has 28 heavy (non-hydrogen) atoms. The van der Waals surface area contributed by atoms with Gasteiger partial charge in [0.1, 0.15) is 23.2 Å². The largest absolute Gasteiger partial charge is 0.495 e. The van der Waals surface area contributed by atoms with Crippen LogP contribution in [0.3, 0.4) is 0 Å². The molecule has 0 spiro atoms. The van der Waals surface area contributed by atoms with Gasteiger partial charge in [0.05, 0.1) is 12.8 Å². The zero-order chi connectivity index (χ0) is 19.3. The zero-order valence-corrected chi connectivity index (χ0v) is 16.3. The van der Waals surface area contributed by atoms with Gasteiger partial charge in [0.25, 0.3) is 0 Å². The Bertz CT molecular complexity index is 936. The van der Waals surface area contributed by atoms with Crippen molar-refractivity contribution in [3.63, 3.8) is 0 Å². The molecular formula is C22H25N5O. The Morgan fingerprint density at radius 1 is 0.893 bits per heavy atom. The summed E-state index contributed by atoms with van der Waals surface area (Å²) in [7, 11) is 1.66. The molecule has 1 saturated heterocycles. The fourth-order valence-electron chi connectivity index (χ4n) is 3.46. The summed E-state index contributed by atoms with van der Waals surface area (Å²) in [5.41, 5.74) is 3.15. The van der Waals surface area contributed by atoms with Crippen LogP contribution in [0.2, 0.25) is 0 Å². The molecule has 2 N–H and O–H groups in total. The van der Waals surface area contributed by atoms with Gasteiger partial charge < -0.3 is 20.3 Å². The van der Waals surface area contributed by atoms with Gasteiger partial charge in [0, 0.05) is 30.5 Å². The molecule has 0 radical (unpaired) electrons. The predicted octanol–water partition coefficient (Wildman–Crippen LogP) is 4.88. The number of aromatic nitrogens is 2. The summed E-state index contributed by atoms with van der Waals surface area (Å²) in [5, 5.41) is 6.69. The van der Waals surface area contributed by atoms with Gasteiger partial charge in [-0.3, -0.25) is 0 Å². The molecule has 144 valence electrons. The van der Waals surface area contributed by atoms with Gasteiger partial charge in [0.15, 0.2) is 0 Å². The number of aryl methyl sites for hydroxylation is 1. The van der Waals surface area contributed by atoms with Crippen LogP contribution in [0.1, 0.15) is 18.7 Å². The molecular weight excluding hydrogens is 350 g/mol. The molecule has 1 aliphatic heterocycles. The highest BCUT2D eigenvalue weighted by Gasteiger charge is 2.12. The van der Waals surface area contributed by atoms with E-state index in [1.54, 1.807) is 7.11 Å². The monoisotopic (exact) mass is 375 g/mol. The van der Waals surface area contributed by atoms with E-state index in [-0.39, 0.29) is 0 Å². The molecule has 0 aliphatic carbocycles. The van der Waals surface area contributed by atoms with Crippen LogP contribution in [0, 0.1) is 6.92 Å². The summed E-state index contributed by atoms with van der Waals surface area (Å²) in [4.78, 5) is 11.4. The van der Waals surface area contributed by atoms with Crippen molar-refractivity contribution in [2.24, 2.45) is 0 Å². The Balaban J connectivity index is 1.50. The fraction of sp³-hybridized carbons (Fsp3) is 0.273. The van der Waals surface area contributed by atoms with Crippen molar-refractivity contribution >= 4 is 28.7 Å². The summed E-state index contributed by atoms with van der Waals surface area (Å²) < 4.78 is 5.40. The molecule has 2 heterocycles. The number of hydrogen-bond donors (Lipinski definition) is 2. The van der Waals surface area contributed by atoms with Crippen molar-refractivity contribution in [1.29, 1.82) is 0 Å². The lowest BCUT2D eigenvalue weighted by Gasteiger charge is -2.18. The van der Waals surface area contributed by atoms with E-state index in [9.17, 15) is 0 Å². The minimum atomic E-state index is 0.691. The highest BCUT2D eigenvalue weighted by Crippen LogP contribution is 2.28. The standard InChI is InChI=1S/C22H25N5O/c1-16-23-21(15-22(24-16)26-19-7-3-4-8-20(19)28-2)25-17-9-11-18(12-10-17)27-13-5-6-14-27/h3-4,7-12,15H,5-6,13-14H2,1-2H3,(H2,23,24,25,26). The lowest BCUT2D eigenvalue weighted by atomic mass is 10.2. The van der Waals surface area contributed by atoms with E-state index in [0.29, 0.717) is 11.6 Å². The van der Waals surface area contributed by atoms with Crippen molar-refractivity contribution in [2.45, 2.75) is 19.8 Å². The quantitative estimate of drug-likeness (QED) is 0.640. The molecule has 1 aliphatic rings. The average molecular weight is 375 g/mol. The number of rotatable bonds is 6. The van der Waals surface area contributed by atoms with Crippen LogP contribution in [0.4, 0.5) is 28.7 Å². The molecule has 2 aromatic carbocycles. The van der Waals surface area contributed by atoms with Gasteiger partial charge in [-0.15, -0.1) is 0 Å². The van der Waals surface area contributed by atoms with E-state index < -0.39 is 0 Å². The summed E-state index contributed by atoms with van der Waals surface area (Å²) in [5.74, 6) is 2.92. The highest BCUT2D eigenvalue weighted by atomic mass is 16.5. The van der Waals surface area contributed by atoms with Crippen molar-refractivity contribution in [3.8, 4) is 5.75 Å². The van der Waals surface area contributed by atoms with E-state index >= 15 is 0 Å². The Morgan fingerprint density at radius 3 is 2.29 bits per heavy atom. The normalized spacial score (nSPS) is 13.4. The number of anilines is 5. The number of hydrogen-bond acceptors (Lipinski definition) is 6. The first-order chi connectivity index (χ1) is 13.7. The predicted molar refractivity (Wildman–Crippen MR) is 114 cm³/mol. The van der Waals surface area contributed by atoms with Crippen molar-refractivity contribution < 1.29 is 4.74 Å². The van der Waals surface area contributed by atoms with Gasteiger partial charge in [-0.2, -0.15) is 0 Å². The van der Waals surface area contributed by atoms with E-state index in [1.807, 2.05) is 37.3 Å². The molecule has 0 unspecified atom stereocenters. The first-order valence-corrected chi connectivity index (χ1v) is 9.59. The van der Waals surface area contributed by atoms with Crippen LogP contribution in [-0.2, 0) is 0 Å². The smallest absolute Gasteiger partial charge is 0.142 e. The molecule has 0 atom stereocenters.